The Morgan fingerprint density at radius 1 is 1.26 bits per heavy atom. The largest absolute Gasteiger partial charge is 0.484 e. The van der Waals surface area contributed by atoms with Crippen LogP contribution >= 0.6 is 31.9 Å². The Morgan fingerprint density at radius 2 is 2.00 bits per heavy atom. The molecule has 0 spiro atoms. The van der Waals surface area contributed by atoms with Crippen LogP contribution in [0.25, 0.3) is 0 Å². The number of aromatic nitrogens is 1. The van der Waals surface area contributed by atoms with E-state index in [-0.39, 0.29) is 12.4 Å². The second kappa shape index (κ2) is 5.92. The number of benzene rings is 1. The van der Waals surface area contributed by atoms with Crippen molar-refractivity contribution < 1.29 is 9.53 Å². The van der Waals surface area contributed by atoms with Gasteiger partial charge >= 0.3 is 0 Å². The lowest BCUT2D eigenvalue weighted by molar-refractivity contribution is 0.0920. The zero-order valence-corrected chi connectivity index (χ0v) is 13.8. The second-order valence-corrected chi connectivity index (χ2v) is 6.05. The summed E-state index contributed by atoms with van der Waals surface area (Å²) in [5.74, 6) is 0.623. The summed E-state index contributed by atoms with van der Waals surface area (Å²) >= 11 is 6.77. The Morgan fingerprint density at radius 3 is 2.58 bits per heavy atom. The lowest BCUT2D eigenvalue weighted by Gasteiger charge is -2.07. The summed E-state index contributed by atoms with van der Waals surface area (Å²) in [5, 5.41) is 0. The summed E-state index contributed by atoms with van der Waals surface area (Å²) in [6, 6.07) is 7.41. The molecule has 3 nitrogen and oxygen atoms in total. The van der Waals surface area contributed by atoms with Crippen LogP contribution in [0.5, 0.6) is 5.75 Å². The van der Waals surface area contributed by atoms with E-state index < -0.39 is 0 Å². The van der Waals surface area contributed by atoms with Gasteiger partial charge in [0.2, 0.25) is 5.78 Å². The maximum absolute atomic E-state index is 12.1. The number of aromatic amines is 1. The number of rotatable bonds is 4. The van der Waals surface area contributed by atoms with Gasteiger partial charge < -0.3 is 9.72 Å². The number of Topliss-reactive ketones (excluding diaryl/α,β-unsaturated/α-hetero) is 1. The number of nitrogens with one attached hydrogen (secondary N) is 1. The monoisotopic (exact) mass is 385 g/mol. The zero-order valence-electron chi connectivity index (χ0n) is 10.6. The molecule has 0 saturated heterocycles. The molecule has 0 radical (unpaired) electrons. The molecule has 19 heavy (non-hydrogen) atoms. The third-order valence-corrected chi connectivity index (χ3v) is 3.82. The molecule has 0 aliphatic heterocycles. The van der Waals surface area contributed by atoms with Gasteiger partial charge in [0.05, 0.1) is 4.47 Å². The Balaban J connectivity index is 2.06. The summed E-state index contributed by atoms with van der Waals surface area (Å²) in [6.07, 6.45) is 0. The van der Waals surface area contributed by atoms with Crippen LogP contribution in [0.3, 0.4) is 0 Å². The van der Waals surface area contributed by atoms with Gasteiger partial charge in [0.25, 0.3) is 0 Å². The van der Waals surface area contributed by atoms with E-state index in [2.05, 4.69) is 36.8 Å². The van der Waals surface area contributed by atoms with Crippen LogP contribution < -0.4 is 4.74 Å². The smallest absolute Gasteiger partial charge is 0.202 e. The van der Waals surface area contributed by atoms with Gasteiger partial charge in [0, 0.05) is 21.4 Å². The summed E-state index contributed by atoms with van der Waals surface area (Å²) in [5.41, 5.74) is 2.54. The number of ketones is 1. The normalized spacial score (nSPS) is 10.5. The number of H-pyrrole nitrogens is 1. The van der Waals surface area contributed by atoms with Gasteiger partial charge in [-0.2, -0.15) is 0 Å². The van der Waals surface area contributed by atoms with E-state index in [9.17, 15) is 4.79 Å². The van der Waals surface area contributed by atoms with Crippen LogP contribution in [0.4, 0.5) is 0 Å². The third-order valence-electron chi connectivity index (χ3n) is 2.70. The molecule has 0 aliphatic carbocycles. The molecule has 0 amide bonds. The predicted octanol–water partition coefficient (Wildman–Crippen LogP) is 4.42. The number of aryl methyl sites for hydroxylation is 2. The minimum atomic E-state index is -0.0309. The maximum atomic E-state index is 12.1. The van der Waals surface area contributed by atoms with Crippen molar-refractivity contribution in [3.05, 3.63) is 50.2 Å². The van der Waals surface area contributed by atoms with E-state index in [0.29, 0.717) is 11.3 Å². The molecule has 1 aromatic carbocycles. The summed E-state index contributed by atoms with van der Waals surface area (Å²) in [4.78, 5) is 15.2. The third kappa shape index (κ3) is 3.48. The molecule has 0 aliphatic rings. The van der Waals surface area contributed by atoms with E-state index in [4.69, 9.17) is 4.74 Å². The molecule has 1 aromatic heterocycles. The maximum Gasteiger partial charge on any atom is 0.202 e. The van der Waals surface area contributed by atoms with Gasteiger partial charge in [-0.25, -0.2) is 0 Å². The van der Waals surface area contributed by atoms with Gasteiger partial charge in [-0.15, -0.1) is 0 Å². The molecular formula is C14H13Br2NO2. The SMILES string of the molecule is Cc1cc(C(=O)COc2ccc(Br)cc2Br)c(C)[nH]1. The van der Waals surface area contributed by atoms with Crippen molar-refractivity contribution in [1.29, 1.82) is 0 Å². The Bertz CT molecular complexity index is 620. The molecule has 0 bridgehead atoms. The number of carbonyl (C=O) groups excluding carboxylic acids is 1. The molecule has 2 rings (SSSR count). The van der Waals surface area contributed by atoms with Crippen LogP contribution in [0.15, 0.2) is 33.2 Å². The van der Waals surface area contributed by atoms with Crippen molar-refractivity contribution in [2.24, 2.45) is 0 Å². The summed E-state index contributed by atoms with van der Waals surface area (Å²) < 4.78 is 7.31. The van der Waals surface area contributed by atoms with Crippen molar-refractivity contribution in [1.82, 2.24) is 4.98 Å². The number of carbonyl (C=O) groups is 1. The van der Waals surface area contributed by atoms with Crippen LogP contribution in [0, 0.1) is 13.8 Å². The first-order chi connectivity index (χ1) is 8.97. The molecule has 5 heteroatoms. The van der Waals surface area contributed by atoms with Crippen LogP contribution in [-0.2, 0) is 0 Å². The highest BCUT2D eigenvalue weighted by atomic mass is 79.9. The molecule has 0 unspecified atom stereocenters. The first-order valence-electron chi connectivity index (χ1n) is 5.74. The number of ether oxygens (including phenoxy) is 1. The Labute approximate surface area is 128 Å². The van der Waals surface area contributed by atoms with E-state index in [1.54, 1.807) is 0 Å². The van der Waals surface area contributed by atoms with E-state index in [1.807, 2.05) is 38.1 Å². The fraction of sp³-hybridized carbons (Fsp3) is 0.214. The van der Waals surface area contributed by atoms with Crippen LogP contribution in [0.2, 0.25) is 0 Å². The van der Waals surface area contributed by atoms with Gasteiger partial charge in [-0.1, -0.05) is 15.9 Å². The minimum absolute atomic E-state index is 0.0262. The molecule has 2 aromatic rings. The first kappa shape index (κ1) is 14.3. The highest BCUT2D eigenvalue weighted by Gasteiger charge is 2.13. The van der Waals surface area contributed by atoms with Crippen molar-refractivity contribution in [3.63, 3.8) is 0 Å². The summed E-state index contributed by atoms with van der Waals surface area (Å²) in [6.45, 7) is 3.84. The first-order valence-corrected chi connectivity index (χ1v) is 7.33. The minimum Gasteiger partial charge on any atom is -0.484 e. The van der Waals surface area contributed by atoms with Crippen LogP contribution in [-0.4, -0.2) is 17.4 Å². The Kier molecular flexibility index (Phi) is 4.47. The fourth-order valence-electron chi connectivity index (χ4n) is 1.83. The van der Waals surface area contributed by atoms with Gasteiger partial charge in [0.1, 0.15) is 5.75 Å². The highest BCUT2D eigenvalue weighted by Crippen LogP contribution is 2.28. The molecule has 0 fully saturated rings. The highest BCUT2D eigenvalue weighted by molar-refractivity contribution is 9.11. The lowest BCUT2D eigenvalue weighted by atomic mass is 10.1. The summed E-state index contributed by atoms with van der Waals surface area (Å²) in [7, 11) is 0. The van der Waals surface area contributed by atoms with Gasteiger partial charge in [-0.05, 0) is 54.0 Å². The molecule has 0 saturated carbocycles. The molecule has 100 valence electrons. The average molecular weight is 387 g/mol. The van der Waals surface area contributed by atoms with E-state index >= 15 is 0 Å². The quantitative estimate of drug-likeness (QED) is 0.790. The van der Waals surface area contributed by atoms with Crippen molar-refractivity contribution in [2.45, 2.75) is 13.8 Å². The lowest BCUT2D eigenvalue weighted by Crippen LogP contribution is -2.12. The average Bonchev–Trinajstić information content (AvgIpc) is 2.67. The van der Waals surface area contributed by atoms with Crippen molar-refractivity contribution in [3.8, 4) is 5.75 Å². The molecule has 1 N–H and O–H groups in total. The predicted molar refractivity (Wildman–Crippen MR) is 81.9 cm³/mol. The standard InChI is InChI=1S/C14H13Br2NO2/c1-8-5-11(9(2)17-8)13(18)7-19-14-4-3-10(15)6-12(14)16/h3-6,17H,7H2,1-2H3. The number of hydrogen-bond donors (Lipinski definition) is 1. The van der Waals surface area contributed by atoms with Gasteiger partial charge in [0.15, 0.2) is 6.61 Å². The topological polar surface area (TPSA) is 42.1 Å². The van der Waals surface area contributed by atoms with Crippen molar-refractivity contribution >= 4 is 37.6 Å². The van der Waals surface area contributed by atoms with Crippen molar-refractivity contribution in [2.75, 3.05) is 6.61 Å². The number of hydrogen-bond acceptors (Lipinski definition) is 2. The van der Waals surface area contributed by atoms with E-state index in [1.165, 1.54) is 0 Å². The number of halogens is 2. The molecule has 1 heterocycles. The Hall–Kier alpha value is -1.07. The fourth-order valence-corrected chi connectivity index (χ4v) is 2.99. The second-order valence-electron chi connectivity index (χ2n) is 4.28. The van der Waals surface area contributed by atoms with Gasteiger partial charge in [-0.3, -0.25) is 4.79 Å². The molecular weight excluding hydrogens is 374 g/mol. The van der Waals surface area contributed by atoms with Crippen LogP contribution in [0.1, 0.15) is 21.7 Å². The van der Waals surface area contributed by atoms with E-state index in [0.717, 1.165) is 20.3 Å². The molecule has 0 atom stereocenters. The zero-order chi connectivity index (χ0) is 14.0.